The molecular formula is C17H24N2O3. The highest BCUT2D eigenvalue weighted by Gasteiger charge is 2.32. The molecule has 0 aliphatic carbocycles. The van der Waals surface area contributed by atoms with E-state index in [1.54, 1.807) is 26.0 Å². The largest absolute Gasteiger partial charge is 0.490 e. The van der Waals surface area contributed by atoms with Gasteiger partial charge in [-0.1, -0.05) is 26.0 Å². The highest BCUT2D eigenvalue weighted by atomic mass is 16.5. The first-order valence-corrected chi connectivity index (χ1v) is 7.45. The lowest BCUT2D eigenvalue weighted by Gasteiger charge is -2.29. The van der Waals surface area contributed by atoms with E-state index in [1.807, 2.05) is 32.9 Å². The molecule has 1 aromatic carbocycles. The van der Waals surface area contributed by atoms with Gasteiger partial charge in [0.25, 0.3) is 5.91 Å². The van der Waals surface area contributed by atoms with Gasteiger partial charge in [-0.25, -0.2) is 0 Å². The van der Waals surface area contributed by atoms with Gasteiger partial charge in [-0.2, -0.15) is 5.26 Å². The predicted octanol–water partition coefficient (Wildman–Crippen LogP) is 2.91. The number of hydrogen-bond acceptors (Lipinski definition) is 4. The summed E-state index contributed by atoms with van der Waals surface area (Å²) < 4.78 is 11.2. The van der Waals surface area contributed by atoms with E-state index in [0.717, 1.165) is 0 Å². The first-order valence-electron chi connectivity index (χ1n) is 7.45. The van der Waals surface area contributed by atoms with Crippen LogP contribution in [0.3, 0.4) is 0 Å². The number of nitriles is 1. The average molecular weight is 304 g/mol. The zero-order valence-electron chi connectivity index (χ0n) is 13.8. The number of para-hydroxylation sites is 2. The number of rotatable bonds is 7. The summed E-state index contributed by atoms with van der Waals surface area (Å²) in [4.78, 5) is 12.3. The van der Waals surface area contributed by atoms with Crippen molar-refractivity contribution in [2.24, 2.45) is 5.92 Å². The molecule has 0 radical (unpaired) electrons. The minimum Gasteiger partial charge on any atom is -0.490 e. The van der Waals surface area contributed by atoms with Gasteiger partial charge < -0.3 is 14.8 Å². The second-order valence-electron chi connectivity index (χ2n) is 5.60. The summed E-state index contributed by atoms with van der Waals surface area (Å²) in [5.74, 6) is 0.764. The fourth-order valence-electron chi connectivity index (χ4n) is 1.73. The molecule has 0 saturated carbocycles. The van der Waals surface area contributed by atoms with Crippen molar-refractivity contribution >= 4 is 5.91 Å². The third-order valence-corrected chi connectivity index (χ3v) is 3.59. The Bertz CT molecular complexity index is 551. The van der Waals surface area contributed by atoms with Gasteiger partial charge in [0, 0.05) is 0 Å². The molecule has 0 spiro atoms. The fourth-order valence-corrected chi connectivity index (χ4v) is 1.73. The van der Waals surface area contributed by atoms with Gasteiger partial charge >= 0.3 is 0 Å². The van der Waals surface area contributed by atoms with Crippen LogP contribution in [-0.4, -0.2) is 24.2 Å². The summed E-state index contributed by atoms with van der Waals surface area (Å²) >= 11 is 0. The van der Waals surface area contributed by atoms with Crippen molar-refractivity contribution in [2.45, 2.75) is 46.3 Å². The summed E-state index contributed by atoms with van der Waals surface area (Å²) in [5.41, 5.74) is -0.922. The Morgan fingerprint density at radius 2 is 1.91 bits per heavy atom. The van der Waals surface area contributed by atoms with Crippen molar-refractivity contribution in [3.8, 4) is 17.6 Å². The molecule has 0 saturated heterocycles. The van der Waals surface area contributed by atoms with E-state index in [1.165, 1.54) is 0 Å². The van der Waals surface area contributed by atoms with Gasteiger partial charge in [-0.05, 0) is 38.8 Å². The van der Waals surface area contributed by atoms with Gasteiger partial charge in [-0.15, -0.1) is 0 Å². The number of carbonyl (C=O) groups excluding carboxylic acids is 1. The highest BCUT2D eigenvalue weighted by molar-refractivity contribution is 5.82. The molecule has 0 unspecified atom stereocenters. The minimum absolute atomic E-state index is 0.00985. The number of ether oxygens (including phenoxy) is 2. The van der Waals surface area contributed by atoms with Crippen molar-refractivity contribution in [2.75, 3.05) is 6.61 Å². The molecule has 1 N–H and O–H groups in total. The van der Waals surface area contributed by atoms with Crippen LogP contribution in [-0.2, 0) is 4.79 Å². The lowest BCUT2D eigenvalue weighted by molar-refractivity contribution is -0.129. The molecule has 5 nitrogen and oxygen atoms in total. The molecule has 120 valence electrons. The Morgan fingerprint density at radius 3 is 2.41 bits per heavy atom. The standard InChI is InChI=1S/C17H24N2O3/c1-6-21-14-9-7-8-10-15(14)22-13(4)16(20)19-17(5,11-18)12(2)3/h7-10,12-13H,6H2,1-5H3,(H,19,20)/t13-,17-/m0/s1. The van der Waals surface area contributed by atoms with E-state index in [9.17, 15) is 10.1 Å². The molecule has 0 fully saturated rings. The fraction of sp³-hybridized carbons (Fsp3) is 0.529. The monoisotopic (exact) mass is 304 g/mol. The Kier molecular flexibility index (Phi) is 6.24. The van der Waals surface area contributed by atoms with Crippen LogP contribution < -0.4 is 14.8 Å². The Hall–Kier alpha value is -2.22. The average Bonchev–Trinajstić information content (AvgIpc) is 2.49. The quantitative estimate of drug-likeness (QED) is 0.840. The number of benzene rings is 1. The molecule has 5 heteroatoms. The molecule has 2 atom stereocenters. The van der Waals surface area contributed by atoms with Crippen molar-refractivity contribution in [3.05, 3.63) is 24.3 Å². The number of amides is 1. The third kappa shape index (κ3) is 4.39. The predicted molar refractivity (Wildman–Crippen MR) is 84.7 cm³/mol. The normalized spacial score (nSPS) is 14.6. The molecular weight excluding hydrogens is 280 g/mol. The zero-order valence-corrected chi connectivity index (χ0v) is 13.8. The SMILES string of the molecule is CCOc1ccccc1O[C@@H](C)C(=O)N[C@@](C)(C#N)C(C)C. The number of carbonyl (C=O) groups is 1. The van der Waals surface area contributed by atoms with Crippen LogP contribution >= 0.6 is 0 Å². The molecule has 22 heavy (non-hydrogen) atoms. The molecule has 0 heterocycles. The summed E-state index contributed by atoms with van der Waals surface area (Å²) in [6.45, 7) is 9.53. The van der Waals surface area contributed by atoms with Crippen molar-refractivity contribution in [1.82, 2.24) is 5.32 Å². The van der Waals surface area contributed by atoms with Gasteiger partial charge in [-0.3, -0.25) is 4.79 Å². The van der Waals surface area contributed by atoms with Gasteiger partial charge in [0.1, 0.15) is 5.54 Å². The van der Waals surface area contributed by atoms with E-state index in [0.29, 0.717) is 18.1 Å². The Morgan fingerprint density at radius 1 is 1.32 bits per heavy atom. The van der Waals surface area contributed by atoms with Gasteiger partial charge in [0.05, 0.1) is 12.7 Å². The van der Waals surface area contributed by atoms with E-state index in [-0.39, 0.29) is 11.8 Å². The van der Waals surface area contributed by atoms with Crippen molar-refractivity contribution in [3.63, 3.8) is 0 Å². The Balaban J connectivity index is 2.79. The lowest BCUT2D eigenvalue weighted by Crippen LogP contribution is -2.52. The summed E-state index contributed by atoms with van der Waals surface area (Å²) in [7, 11) is 0. The van der Waals surface area contributed by atoms with Crippen LogP contribution in [0.4, 0.5) is 0 Å². The van der Waals surface area contributed by atoms with E-state index in [2.05, 4.69) is 11.4 Å². The van der Waals surface area contributed by atoms with E-state index < -0.39 is 11.6 Å². The number of hydrogen-bond donors (Lipinski definition) is 1. The minimum atomic E-state index is -0.922. The van der Waals surface area contributed by atoms with Crippen LogP contribution in [0.2, 0.25) is 0 Å². The van der Waals surface area contributed by atoms with Crippen LogP contribution in [0, 0.1) is 17.2 Å². The molecule has 0 aromatic heterocycles. The van der Waals surface area contributed by atoms with Crippen molar-refractivity contribution in [1.29, 1.82) is 5.26 Å². The highest BCUT2D eigenvalue weighted by Crippen LogP contribution is 2.27. The van der Waals surface area contributed by atoms with Gasteiger partial charge in [0.15, 0.2) is 17.6 Å². The van der Waals surface area contributed by atoms with Gasteiger partial charge in [0.2, 0.25) is 0 Å². The zero-order chi connectivity index (χ0) is 16.8. The summed E-state index contributed by atoms with van der Waals surface area (Å²) in [5, 5.41) is 12.0. The molecule has 0 aliphatic rings. The maximum absolute atomic E-state index is 12.3. The van der Waals surface area contributed by atoms with Crippen molar-refractivity contribution < 1.29 is 14.3 Å². The number of nitrogens with one attached hydrogen (secondary N) is 1. The summed E-state index contributed by atoms with van der Waals surface area (Å²) in [6.07, 6.45) is -0.729. The number of nitrogens with zero attached hydrogens (tertiary/aromatic N) is 1. The molecule has 1 aromatic rings. The van der Waals surface area contributed by atoms with E-state index in [4.69, 9.17) is 9.47 Å². The lowest BCUT2D eigenvalue weighted by atomic mass is 9.90. The van der Waals surface area contributed by atoms with Crippen LogP contribution in [0.25, 0.3) is 0 Å². The molecule has 0 aliphatic heterocycles. The summed E-state index contributed by atoms with van der Waals surface area (Å²) in [6, 6.07) is 9.34. The smallest absolute Gasteiger partial charge is 0.262 e. The second kappa shape index (κ2) is 7.69. The molecule has 1 amide bonds. The first kappa shape index (κ1) is 17.8. The van der Waals surface area contributed by atoms with E-state index >= 15 is 0 Å². The first-order chi connectivity index (χ1) is 10.3. The van der Waals surface area contributed by atoms with Crippen LogP contribution in [0.15, 0.2) is 24.3 Å². The Labute approximate surface area is 132 Å². The third-order valence-electron chi connectivity index (χ3n) is 3.59. The maximum atomic E-state index is 12.3. The molecule has 0 bridgehead atoms. The maximum Gasteiger partial charge on any atom is 0.262 e. The topological polar surface area (TPSA) is 71.3 Å². The molecule has 1 rings (SSSR count). The van der Waals surface area contributed by atoms with Crippen LogP contribution in [0.5, 0.6) is 11.5 Å². The second-order valence-corrected chi connectivity index (χ2v) is 5.60. The van der Waals surface area contributed by atoms with Crippen LogP contribution in [0.1, 0.15) is 34.6 Å².